The van der Waals surface area contributed by atoms with E-state index in [1.807, 2.05) is 20.8 Å². The molecular weight excluding hydrogens is 232 g/mol. The topological polar surface area (TPSA) is 70.6 Å². The van der Waals surface area contributed by atoms with Crippen molar-refractivity contribution < 1.29 is 14.6 Å². The van der Waals surface area contributed by atoms with Crippen molar-refractivity contribution in [2.24, 2.45) is 0 Å². The molecule has 1 fully saturated rings. The van der Waals surface area contributed by atoms with Crippen LogP contribution in [0.2, 0.25) is 0 Å². The first-order valence-corrected chi connectivity index (χ1v) is 6.70. The predicted molar refractivity (Wildman–Crippen MR) is 70.5 cm³/mol. The van der Waals surface area contributed by atoms with Crippen LogP contribution in [-0.4, -0.2) is 42.0 Å². The molecule has 1 aliphatic rings. The Hall–Kier alpha value is -0.810. The second-order valence-corrected chi connectivity index (χ2v) is 6.00. The highest BCUT2D eigenvalue weighted by atomic mass is 16.6. The van der Waals surface area contributed by atoms with Crippen LogP contribution in [0.5, 0.6) is 0 Å². The van der Waals surface area contributed by atoms with Gasteiger partial charge >= 0.3 is 6.09 Å². The fourth-order valence-electron chi connectivity index (χ4n) is 1.94. The van der Waals surface area contributed by atoms with Crippen molar-refractivity contribution in [2.45, 2.75) is 57.6 Å². The average molecular weight is 258 g/mol. The number of rotatable bonds is 6. The summed E-state index contributed by atoms with van der Waals surface area (Å²) in [6.45, 7) is 7.12. The number of ether oxygens (including phenoxy) is 1. The van der Waals surface area contributed by atoms with Gasteiger partial charge in [-0.25, -0.2) is 4.79 Å². The molecule has 0 aromatic carbocycles. The second-order valence-electron chi connectivity index (χ2n) is 6.00. The lowest BCUT2D eigenvalue weighted by atomic mass is 9.77. The van der Waals surface area contributed by atoms with E-state index >= 15 is 0 Å². The van der Waals surface area contributed by atoms with Crippen molar-refractivity contribution in [2.75, 3.05) is 19.7 Å². The molecule has 0 bridgehead atoms. The van der Waals surface area contributed by atoms with Gasteiger partial charge < -0.3 is 20.5 Å². The van der Waals surface area contributed by atoms with Crippen molar-refractivity contribution in [1.29, 1.82) is 0 Å². The monoisotopic (exact) mass is 258 g/mol. The molecule has 0 atom stereocenters. The molecule has 1 rings (SSSR count). The van der Waals surface area contributed by atoms with E-state index in [0.717, 1.165) is 25.8 Å². The van der Waals surface area contributed by atoms with Crippen molar-refractivity contribution >= 4 is 6.09 Å². The summed E-state index contributed by atoms with van der Waals surface area (Å²) in [5, 5.41) is 15.3. The molecule has 18 heavy (non-hydrogen) atoms. The van der Waals surface area contributed by atoms with Gasteiger partial charge in [-0.15, -0.1) is 0 Å². The molecule has 1 aliphatic carbocycles. The first kappa shape index (κ1) is 15.2. The Kier molecular flexibility index (Phi) is 5.41. The van der Waals surface area contributed by atoms with Crippen molar-refractivity contribution in [3.63, 3.8) is 0 Å². The van der Waals surface area contributed by atoms with Gasteiger partial charge in [0.25, 0.3) is 0 Å². The number of aliphatic hydroxyl groups is 1. The maximum absolute atomic E-state index is 11.3. The number of hydrogen-bond acceptors (Lipinski definition) is 4. The van der Waals surface area contributed by atoms with Gasteiger partial charge in [0, 0.05) is 12.1 Å². The molecule has 0 aromatic rings. The summed E-state index contributed by atoms with van der Waals surface area (Å²) in [4.78, 5) is 11.3. The molecule has 0 aliphatic heterocycles. The largest absolute Gasteiger partial charge is 0.444 e. The smallest absolute Gasteiger partial charge is 0.407 e. The molecular formula is C13H26N2O3. The van der Waals surface area contributed by atoms with E-state index in [0.29, 0.717) is 6.54 Å². The highest BCUT2D eigenvalue weighted by Crippen LogP contribution is 2.30. The third kappa shape index (κ3) is 5.23. The minimum absolute atomic E-state index is 0.0497. The minimum Gasteiger partial charge on any atom is -0.444 e. The van der Waals surface area contributed by atoms with Gasteiger partial charge in [0.1, 0.15) is 5.60 Å². The fraction of sp³-hybridized carbons (Fsp3) is 0.923. The van der Waals surface area contributed by atoms with Crippen LogP contribution in [0, 0.1) is 0 Å². The molecule has 0 saturated heterocycles. The van der Waals surface area contributed by atoms with Crippen LogP contribution in [0.1, 0.15) is 46.5 Å². The molecule has 3 N–H and O–H groups in total. The van der Waals surface area contributed by atoms with E-state index in [4.69, 9.17) is 4.74 Å². The zero-order valence-corrected chi connectivity index (χ0v) is 11.7. The number of alkyl carbamates (subject to hydrolysis) is 1. The van der Waals surface area contributed by atoms with Crippen LogP contribution in [0.3, 0.4) is 0 Å². The summed E-state index contributed by atoms with van der Waals surface area (Å²) in [5.74, 6) is 0. The summed E-state index contributed by atoms with van der Waals surface area (Å²) in [5.41, 5.74) is -0.499. The highest BCUT2D eigenvalue weighted by Gasteiger charge is 2.35. The highest BCUT2D eigenvalue weighted by molar-refractivity contribution is 5.67. The van der Waals surface area contributed by atoms with Crippen LogP contribution >= 0.6 is 0 Å². The summed E-state index contributed by atoms with van der Waals surface area (Å²) in [7, 11) is 0. The van der Waals surface area contributed by atoms with E-state index in [9.17, 15) is 9.90 Å². The summed E-state index contributed by atoms with van der Waals surface area (Å²) in [6, 6.07) is 0. The van der Waals surface area contributed by atoms with Gasteiger partial charge in [0.05, 0.1) is 6.61 Å². The molecule has 106 valence electrons. The molecule has 0 unspecified atom stereocenters. The zero-order valence-electron chi connectivity index (χ0n) is 11.7. The minimum atomic E-state index is -0.449. The van der Waals surface area contributed by atoms with E-state index < -0.39 is 5.60 Å². The summed E-state index contributed by atoms with van der Waals surface area (Å²) < 4.78 is 5.13. The molecule has 5 nitrogen and oxygen atoms in total. The molecule has 0 heterocycles. The quantitative estimate of drug-likeness (QED) is 0.630. The Labute approximate surface area is 109 Å². The Morgan fingerprint density at radius 3 is 2.44 bits per heavy atom. The second kappa shape index (κ2) is 6.38. The van der Waals surface area contributed by atoms with Crippen LogP contribution in [0.15, 0.2) is 0 Å². The van der Waals surface area contributed by atoms with Crippen molar-refractivity contribution in [3.8, 4) is 0 Å². The SMILES string of the molecule is CC(C)(C)OC(=O)NCCCNC1(CO)CCC1. The predicted octanol–water partition coefficient (Wildman–Crippen LogP) is 1.41. The lowest BCUT2D eigenvalue weighted by Gasteiger charge is -2.41. The van der Waals surface area contributed by atoms with E-state index in [2.05, 4.69) is 10.6 Å². The Bertz CT molecular complexity index is 264. The number of amides is 1. The van der Waals surface area contributed by atoms with Gasteiger partial charge in [-0.1, -0.05) is 0 Å². The van der Waals surface area contributed by atoms with E-state index in [1.165, 1.54) is 6.42 Å². The Morgan fingerprint density at radius 1 is 1.33 bits per heavy atom. The zero-order chi connectivity index (χ0) is 13.6. The van der Waals surface area contributed by atoms with Gasteiger partial charge in [-0.05, 0) is 53.0 Å². The average Bonchev–Trinajstić information content (AvgIpc) is 2.18. The number of nitrogens with one attached hydrogen (secondary N) is 2. The Balaban J connectivity index is 2.03. The third-order valence-corrected chi connectivity index (χ3v) is 3.14. The molecule has 1 amide bonds. The lowest BCUT2D eigenvalue weighted by molar-refractivity contribution is 0.0525. The number of aliphatic hydroxyl groups excluding tert-OH is 1. The van der Waals surface area contributed by atoms with Crippen LogP contribution < -0.4 is 10.6 Å². The van der Waals surface area contributed by atoms with Gasteiger partial charge in [0.2, 0.25) is 0 Å². The normalized spacial score (nSPS) is 18.0. The lowest BCUT2D eigenvalue weighted by Crippen LogP contribution is -2.54. The fourth-order valence-corrected chi connectivity index (χ4v) is 1.94. The number of carbonyl (C=O) groups excluding carboxylic acids is 1. The van der Waals surface area contributed by atoms with Crippen molar-refractivity contribution in [1.82, 2.24) is 10.6 Å². The molecule has 1 saturated carbocycles. The summed E-state index contributed by atoms with van der Waals surface area (Å²) in [6.07, 6.45) is 3.74. The maximum atomic E-state index is 11.3. The van der Waals surface area contributed by atoms with Gasteiger partial charge in [-0.2, -0.15) is 0 Å². The third-order valence-electron chi connectivity index (χ3n) is 3.14. The molecule has 5 heteroatoms. The van der Waals surface area contributed by atoms with Gasteiger partial charge in [-0.3, -0.25) is 0 Å². The number of carbonyl (C=O) groups is 1. The number of hydrogen-bond donors (Lipinski definition) is 3. The van der Waals surface area contributed by atoms with Gasteiger partial charge in [0.15, 0.2) is 0 Å². The van der Waals surface area contributed by atoms with Crippen molar-refractivity contribution in [3.05, 3.63) is 0 Å². The van der Waals surface area contributed by atoms with E-state index in [1.54, 1.807) is 0 Å². The van der Waals surface area contributed by atoms with E-state index in [-0.39, 0.29) is 18.2 Å². The van der Waals surface area contributed by atoms with Crippen LogP contribution in [0.25, 0.3) is 0 Å². The first-order valence-electron chi connectivity index (χ1n) is 6.70. The standard InChI is InChI=1S/C13H26N2O3/c1-12(2,3)18-11(17)14-8-5-9-15-13(10-16)6-4-7-13/h15-16H,4-10H2,1-3H3,(H,14,17). The molecule has 0 aromatic heterocycles. The van der Waals surface area contributed by atoms with Crippen LogP contribution in [0.4, 0.5) is 4.79 Å². The Morgan fingerprint density at radius 2 is 2.00 bits per heavy atom. The summed E-state index contributed by atoms with van der Waals surface area (Å²) >= 11 is 0. The first-order chi connectivity index (χ1) is 8.37. The molecule has 0 radical (unpaired) electrons. The van der Waals surface area contributed by atoms with Crippen LogP contribution in [-0.2, 0) is 4.74 Å². The maximum Gasteiger partial charge on any atom is 0.407 e. The molecule has 0 spiro atoms.